The molecule has 0 aliphatic rings. The van der Waals surface area contributed by atoms with E-state index in [1.807, 2.05) is 22.6 Å². The van der Waals surface area contributed by atoms with E-state index in [1.54, 1.807) is 23.4 Å². The van der Waals surface area contributed by atoms with Gasteiger partial charge in [0.1, 0.15) is 12.7 Å². The van der Waals surface area contributed by atoms with E-state index >= 15 is 0 Å². The third-order valence-corrected chi connectivity index (χ3v) is 2.79. The number of rotatable bonds is 0. The molecule has 0 N–H and O–H groups in total. The van der Waals surface area contributed by atoms with E-state index in [0.29, 0.717) is 0 Å². The first-order chi connectivity index (χ1) is 7.95. The van der Waals surface area contributed by atoms with Crippen LogP contribution in [0.5, 0.6) is 0 Å². The van der Waals surface area contributed by atoms with Gasteiger partial charge >= 0.3 is 0 Å². The van der Waals surface area contributed by atoms with Crippen molar-refractivity contribution in [3.05, 3.63) is 43.1 Å². The Morgan fingerprint density at radius 2 is 2.06 bits per heavy atom. The Balaban J connectivity index is 2.51. The Hall–Kier alpha value is -2.43. The number of aromatic nitrogens is 5. The highest BCUT2D eigenvalue weighted by atomic mass is 15.3. The highest BCUT2D eigenvalue weighted by Gasteiger charge is 2.08. The summed E-state index contributed by atoms with van der Waals surface area (Å²) >= 11 is 0. The number of fused-ring (bicyclic) bond motifs is 6. The van der Waals surface area contributed by atoms with Crippen molar-refractivity contribution in [3.8, 4) is 0 Å². The minimum atomic E-state index is 0.864. The van der Waals surface area contributed by atoms with Gasteiger partial charge in [-0.05, 0) is 12.1 Å². The average molecular weight is 209 g/mol. The van der Waals surface area contributed by atoms with E-state index in [9.17, 15) is 0 Å². The second-order valence-electron chi connectivity index (χ2n) is 3.63. The second-order valence-corrected chi connectivity index (χ2v) is 3.63. The van der Waals surface area contributed by atoms with Crippen molar-refractivity contribution in [2.45, 2.75) is 0 Å². The molecule has 0 atom stereocenters. The Labute approximate surface area is 90.0 Å². The molecule has 0 spiro atoms. The van der Waals surface area contributed by atoms with Crippen LogP contribution in [-0.4, -0.2) is 24.0 Å². The van der Waals surface area contributed by atoms with Crippen LogP contribution < -0.4 is 0 Å². The topological polar surface area (TPSA) is 47.5 Å². The van der Waals surface area contributed by atoms with Gasteiger partial charge in [-0.15, -0.1) is 0 Å². The summed E-state index contributed by atoms with van der Waals surface area (Å²) in [5.74, 6) is 0. The quantitative estimate of drug-likeness (QED) is 0.441. The van der Waals surface area contributed by atoms with E-state index in [2.05, 4.69) is 21.1 Å². The van der Waals surface area contributed by atoms with Crippen molar-refractivity contribution in [1.82, 2.24) is 24.0 Å². The number of hydrogen-bond donors (Lipinski definition) is 0. The number of benzene rings is 1. The first-order valence-electron chi connectivity index (χ1n) is 4.98. The van der Waals surface area contributed by atoms with Gasteiger partial charge in [0.2, 0.25) is 0 Å². The number of hydrogen-bond acceptors (Lipinski definition) is 3. The zero-order valence-electron chi connectivity index (χ0n) is 8.28. The second kappa shape index (κ2) is 2.57. The Kier molecular flexibility index (Phi) is 1.26. The average Bonchev–Trinajstić information content (AvgIpc) is 2.98. The lowest BCUT2D eigenvalue weighted by molar-refractivity contribution is 0.969. The smallest absolute Gasteiger partial charge is 0.167 e. The molecule has 1 aromatic carbocycles. The van der Waals surface area contributed by atoms with Crippen molar-refractivity contribution >= 4 is 22.2 Å². The maximum absolute atomic E-state index is 4.29. The van der Waals surface area contributed by atoms with Crippen LogP contribution in [0.1, 0.15) is 0 Å². The molecule has 3 heterocycles. The maximum atomic E-state index is 4.29. The molecule has 16 heavy (non-hydrogen) atoms. The zero-order valence-corrected chi connectivity index (χ0v) is 8.28. The van der Waals surface area contributed by atoms with E-state index in [-0.39, 0.29) is 0 Å². The van der Waals surface area contributed by atoms with Gasteiger partial charge in [-0.25, -0.2) is 9.97 Å². The molecule has 0 aliphatic heterocycles. The minimum absolute atomic E-state index is 0.864. The molecule has 0 fully saturated rings. The lowest BCUT2D eigenvalue weighted by Gasteiger charge is -2.03. The summed E-state index contributed by atoms with van der Waals surface area (Å²) in [5.41, 5.74) is 2.88. The SMILES string of the molecule is c1ccc2c(c1)c1ncnn1c1cncn21. The van der Waals surface area contributed by atoms with Gasteiger partial charge in [0.25, 0.3) is 0 Å². The van der Waals surface area contributed by atoms with E-state index in [4.69, 9.17) is 0 Å². The van der Waals surface area contributed by atoms with Crippen LogP contribution in [0.2, 0.25) is 0 Å². The third kappa shape index (κ3) is 0.785. The van der Waals surface area contributed by atoms with Gasteiger partial charge in [0.15, 0.2) is 11.3 Å². The van der Waals surface area contributed by atoms with E-state index in [0.717, 1.165) is 22.2 Å². The monoisotopic (exact) mass is 209 g/mol. The number of imidazole rings is 1. The van der Waals surface area contributed by atoms with Crippen LogP contribution in [0.15, 0.2) is 43.1 Å². The molecule has 0 amide bonds. The number of para-hydroxylation sites is 1. The molecular weight excluding hydrogens is 202 g/mol. The highest BCUT2D eigenvalue weighted by Crippen LogP contribution is 2.20. The van der Waals surface area contributed by atoms with Crippen molar-refractivity contribution in [2.24, 2.45) is 0 Å². The standard InChI is InChI=1S/C11H7N5/c1-2-4-9-8(3-1)11-13-6-14-16(11)10-5-12-7-15(9)10/h1-7H. The fraction of sp³-hybridized carbons (Fsp3) is 0. The van der Waals surface area contributed by atoms with Crippen LogP contribution in [0.25, 0.3) is 22.2 Å². The molecule has 0 aliphatic carbocycles. The normalized spacial score (nSPS) is 11.8. The molecule has 3 aromatic heterocycles. The molecule has 4 rings (SSSR count). The molecule has 0 saturated heterocycles. The van der Waals surface area contributed by atoms with Crippen molar-refractivity contribution in [1.29, 1.82) is 0 Å². The lowest BCUT2D eigenvalue weighted by Crippen LogP contribution is -1.97. The Bertz CT molecular complexity index is 742. The molecule has 4 aromatic rings. The van der Waals surface area contributed by atoms with E-state index < -0.39 is 0 Å². The van der Waals surface area contributed by atoms with Crippen LogP contribution in [0.4, 0.5) is 0 Å². The van der Waals surface area contributed by atoms with Crippen LogP contribution in [-0.2, 0) is 0 Å². The first kappa shape index (κ1) is 7.81. The first-order valence-corrected chi connectivity index (χ1v) is 4.98. The minimum Gasteiger partial charge on any atom is -0.283 e. The summed E-state index contributed by atoms with van der Waals surface area (Å²) in [7, 11) is 0. The molecule has 0 saturated carbocycles. The Morgan fingerprint density at radius 1 is 1.12 bits per heavy atom. The van der Waals surface area contributed by atoms with Crippen LogP contribution in [0, 0.1) is 0 Å². The van der Waals surface area contributed by atoms with Crippen molar-refractivity contribution in [3.63, 3.8) is 0 Å². The van der Waals surface area contributed by atoms with Gasteiger partial charge in [-0.3, -0.25) is 4.40 Å². The zero-order chi connectivity index (χ0) is 10.5. The summed E-state index contributed by atoms with van der Waals surface area (Å²) in [5, 5.41) is 5.29. The molecule has 5 nitrogen and oxygen atoms in total. The predicted octanol–water partition coefficient (Wildman–Crippen LogP) is 1.53. The summed E-state index contributed by atoms with van der Waals surface area (Å²) in [6.45, 7) is 0. The largest absolute Gasteiger partial charge is 0.283 e. The fourth-order valence-electron chi connectivity index (χ4n) is 2.10. The van der Waals surface area contributed by atoms with Crippen molar-refractivity contribution in [2.75, 3.05) is 0 Å². The van der Waals surface area contributed by atoms with Gasteiger partial charge in [0, 0.05) is 5.39 Å². The van der Waals surface area contributed by atoms with Gasteiger partial charge < -0.3 is 0 Å². The van der Waals surface area contributed by atoms with Gasteiger partial charge in [-0.1, -0.05) is 12.1 Å². The van der Waals surface area contributed by atoms with Crippen LogP contribution in [0.3, 0.4) is 0 Å². The van der Waals surface area contributed by atoms with Gasteiger partial charge in [-0.2, -0.15) is 9.61 Å². The maximum Gasteiger partial charge on any atom is 0.167 e. The highest BCUT2D eigenvalue weighted by molar-refractivity contribution is 5.93. The fourth-order valence-corrected chi connectivity index (χ4v) is 2.10. The molecule has 76 valence electrons. The van der Waals surface area contributed by atoms with Crippen molar-refractivity contribution < 1.29 is 0 Å². The summed E-state index contributed by atoms with van der Waals surface area (Å²) < 4.78 is 3.81. The lowest BCUT2D eigenvalue weighted by atomic mass is 10.2. The molecule has 0 bridgehead atoms. The molecule has 5 heteroatoms. The van der Waals surface area contributed by atoms with E-state index in [1.165, 1.54) is 0 Å². The predicted molar refractivity (Wildman–Crippen MR) is 59.2 cm³/mol. The summed E-state index contributed by atoms with van der Waals surface area (Å²) in [6.07, 6.45) is 5.14. The molecular formula is C11H7N5. The molecule has 0 unspecified atom stereocenters. The molecule has 0 radical (unpaired) electrons. The summed E-state index contributed by atoms with van der Waals surface area (Å²) in [6, 6.07) is 8.10. The summed E-state index contributed by atoms with van der Waals surface area (Å²) in [4.78, 5) is 8.44. The van der Waals surface area contributed by atoms with Crippen LogP contribution >= 0.6 is 0 Å². The number of nitrogens with zero attached hydrogens (tertiary/aromatic N) is 5. The Morgan fingerprint density at radius 3 is 3.06 bits per heavy atom. The third-order valence-electron chi connectivity index (χ3n) is 2.79. The van der Waals surface area contributed by atoms with Gasteiger partial charge in [0.05, 0.1) is 11.7 Å².